The summed E-state index contributed by atoms with van der Waals surface area (Å²) in [6.45, 7) is 7.60. The number of aromatic amines is 1. The molecule has 11 heteroatoms. The number of hydrogen-bond donors (Lipinski definition) is 3. The number of nitrogens with one attached hydrogen (secondary N) is 2. The van der Waals surface area contributed by atoms with Gasteiger partial charge < -0.3 is 29.5 Å². The van der Waals surface area contributed by atoms with E-state index in [9.17, 15) is 19.5 Å². The van der Waals surface area contributed by atoms with Gasteiger partial charge >= 0.3 is 6.09 Å². The van der Waals surface area contributed by atoms with E-state index in [4.69, 9.17) is 14.1 Å². The van der Waals surface area contributed by atoms with Crippen LogP contribution in [0, 0.1) is 6.92 Å². The summed E-state index contributed by atoms with van der Waals surface area (Å²) in [5.74, 6) is 1.14. The maximum absolute atomic E-state index is 13.7. The molecule has 1 atom stereocenters. The Morgan fingerprint density at radius 3 is 2.62 bits per heavy atom. The van der Waals surface area contributed by atoms with Gasteiger partial charge in [-0.3, -0.25) is 9.59 Å². The van der Waals surface area contributed by atoms with E-state index in [0.29, 0.717) is 30.8 Å². The molecular weight excluding hydrogens is 532 g/mol. The number of aryl methyl sites for hydroxylation is 1. The number of hydrogen-bond acceptors (Lipinski definition) is 8. The van der Waals surface area contributed by atoms with Crippen molar-refractivity contribution in [3.63, 3.8) is 0 Å². The minimum absolute atomic E-state index is 0.0366. The standard InChI is InChI=1S/C29H38N4O6S/c1-18-16-22(34)24(36)25(38-18)29(11-13-33(14-12-29)27(37)39-28(2,3)4)17-23(35)30-21(10-15-40-5)26-31-19-8-6-7-9-20(19)32-26/h6-9,16,21,36H,10-15,17H2,1-5H3,(H,30,35)(H,31,32). The molecule has 2 aromatic heterocycles. The minimum Gasteiger partial charge on any atom is -0.502 e. The molecule has 1 fully saturated rings. The van der Waals surface area contributed by atoms with Crippen LogP contribution in [0.5, 0.6) is 5.75 Å². The van der Waals surface area contributed by atoms with Gasteiger partial charge in [0.2, 0.25) is 17.1 Å². The third-order valence-corrected chi connectivity index (χ3v) is 7.73. The quantitative estimate of drug-likeness (QED) is 0.351. The lowest BCUT2D eigenvalue weighted by Gasteiger charge is -2.41. The van der Waals surface area contributed by atoms with E-state index in [1.807, 2.05) is 30.5 Å². The van der Waals surface area contributed by atoms with Gasteiger partial charge in [-0.05, 0) is 71.1 Å². The molecule has 216 valence electrons. The smallest absolute Gasteiger partial charge is 0.410 e. The van der Waals surface area contributed by atoms with Crippen molar-refractivity contribution in [2.24, 2.45) is 0 Å². The van der Waals surface area contributed by atoms with E-state index in [1.165, 1.54) is 6.07 Å². The summed E-state index contributed by atoms with van der Waals surface area (Å²) in [5, 5.41) is 13.9. The zero-order valence-corrected chi connectivity index (χ0v) is 24.5. The molecule has 40 heavy (non-hydrogen) atoms. The summed E-state index contributed by atoms with van der Waals surface area (Å²) >= 11 is 1.68. The lowest BCUT2D eigenvalue weighted by Crippen LogP contribution is -2.49. The number of para-hydroxylation sites is 2. The maximum atomic E-state index is 13.7. The number of imidazole rings is 1. The fraction of sp³-hybridized carbons (Fsp3) is 0.517. The van der Waals surface area contributed by atoms with Crippen LogP contribution in [0.1, 0.15) is 69.8 Å². The lowest BCUT2D eigenvalue weighted by molar-refractivity contribution is -0.124. The molecule has 0 bridgehead atoms. The summed E-state index contributed by atoms with van der Waals surface area (Å²) in [7, 11) is 0. The van der Waals surface area contributed by atoms with Crippen LogP contribution in [0.4, 0.5) is 4.79 Å². The third-order valence-electron chi connectivity index (χ3n) is 7.08. The molecule has 1 aliphatic heterocycles. The van der Waals surface area contributed by atoms with Gasteiger partial charge in [0.05, 0.1) is 17.1 Å². The molecule has 0 spiro atoms. The van der Waals surface area contributed by atoms with Crippen LogP contribution in [0.15, 0.2) is 39.5 Å². The SMILES string of the molecule is CSCCC(NC(=O)CC1(c2oc(C)cc(=O)c2O)CCN(C(=O)OC(C)(C)C)CC1)c1nc2ccccc2[nH]1. The van der Waals surface area contributed by atoms with Crippen LogP contribution in [-0.4, -0.2) is 62.7 Å². The normalized spacial score (nSPS) is 16.1. The molecule has 0 aliphatic carbocycles. The highest BCUT2D eigenvalue weighted by atomic mass is 32.2. The van der Waals surface area contributed by atoms with Gasteiger partial charge in [-0.1, -0.05) is 12.1 Å². The summed E-state index contributed by atoms with van der Waals surface area (Å²) in [6.07, 6.45) is 2.80. The van der Waals surface area contributed by atoms with Crippen molar-refractivity contribution >= 4 is 34.8 Å². The van der Waals surface area contributed by atoms with E-state index >= 15 is 0 Å². The molecule has 1 saturated heterocycles. The van der Waals surface area contributed by atoms with Crippen LogP contribution in [-0.2, 0) is 14.9 Å². The fourth-order valence-corrected chi connectivity index (χ4v) is 5.57. The van der Waals surface area contributed by atoms with Crippen molar-refractivity contribution in [2.75, 3.05) is 25.1 Å². The second-order valence-electron chi connectivity index (χ2n) is 11.4. The van der Waals surface area contributed by atoms with Gasteiger partial charge in [-0.15, -0.1) is 0 Å². The molecule has 1 aromatic carbocycles. The average molecular weight is 571 g/mol. The first kappa shape index (κ1) is 29.5. The number of carbonyl (C=O) groups excluding carboxylic acids is 2. The Bertz CT molecular complexity index is 1380. The molecule has 3 heterocycles. The summed E-state index contributed by atoms with van der Waals surface area (Å²) < 4.78 is 11.4. The van der Waals surface area contributed by atoms with E-state index in [-0.39, 0.29) is 37.2 Å². The molecule has 10 nitrogen and oxygen atoms in total. The van der Waals surface area contributed by atoms with Gasteiger partial charge in [0.25, 0.3) is 0 Å². The molecule has 2 amide bonds. The second-order valence-corrected chi connectivity index (χ2v) is 12.3. The van der Waals surface area contributed by atoms with Crippen LogP contribution in [0.25, 0.3) is 11.0 Å². The Labute approximate surface area is 237 Å². The predicted molar refractivity (Wildman–Crippen MR) is 155 cm³/mol. The first-order valence-electron chi connectivity index (χ1n) is 13.5. The number of carbonyl (C=O) groups is 2. The Kier molecular flexibility index (Phi) is 8.82. The molecule has 1 aliphatic rings. The van der Waals surface area contributed by atoms with E-state index in [1.54, 1.807) is 44.4 Å². The number of likely N-dealkylation sites (tertiary alicyclic amines) is 1. The van der Waals surface area contributed by atoms with E-state index < -0.39 is 28.3 Å². The van der Waals surface area contributed by atoms with Crippen molar-refractivity contribution in [3.8, 4) is 5.75 Å². The van der Waals surface area contributed by atoms with Gasteiger partial charge in [0, 0.05) is 31.0 Å². The van der Waals surface area contributed by atoms with Crippen LogP contribution in [0.2, 0.25) is 0 Å². The summed E-state index contributed by atoms with van der Waals surface area (Å²) in [5.41, 5.74) is -0.490. The first-order valence-corrected chi connectivity index (χ1v) is 14.9. The highest BCUT2D eigenvalue weighted by molar-refractivity contribution is 7.98. The maximum Gasteiger partial charge on any atom is 0.410 e. The number of nitrogens with zero attached hydrogens (tertiary/aromatic N) is 2. The second kappa shape index (κ2) is 12.0. The number of thioether (sulfide) groups is 1. The predicted octanol–water partition coefficient (Wildman–Crippen LogP) is 4.80. The van der Waals surface area contributed by atoms with E-state index in [0.717, 1.165) is 16.8 Å². The van der Waals surface area contributed by atoms with E-state index in [2.05, 4.69) is 10.3 Å². The number of H-pyrrole nitrogens is 1. The number of benzene rings is 1. The molecule has 0 saturated carbocycles. The van der Waals surface area contributed by atoms with Gasteiger partial charge in [0.1, 0.15) is 17.2 Å². The minimum atomic E-state index is -0.990. The number of fused-ring (bicyclic) bond motifs is 1. The zero-order chi connectivity index (χ0) is 29.1. The van der Waals surface area contributed by atoms with Crippen LogP contribution >= 0.6 is 11.8 Å². The monoisotopic (exact) mass is 570 g/mol. The fourth-order valence-electron chi connectivity index (χ4n) is 5.09. The zero-order valence-electron chi connectivity index (χ0n) is 23.7. The van der Waals surface area contributed by atoms with Crippen molar-refractivity contribution in [3.05, 3.63) is 57.9 Å². The number of amides is 2. The molecule has 1 unspecified atom stereocenters. The highest BCUT2D eigenvalue weighted by Crippen LogP contribution is 2.42. The third kappa shape index (κ3) is 6.80. The number of rotatable bonds is 8. The molecule has 4 rings (SSSR count). The van der Waals surface area contributed by atoms with Crippen molar-refractivity contribution in [1.82, 2.24) is 20.2 Å². The van der Waals surface area contributed by atoms with Crippen molar-refractivity contribution in [1.29, 1.82) is 0 Å². The van der Waals surface area contributed by atoms with Gasteiger partial charge in [0.15, 0.2) is 5.76 Å². The molecule has 3 N–H and O–H groups in total. The Morgan fingerprint density at radius 2 is 1.98 bits per heavy atom. The number of aromatic nitrogens is 2. The summed E-state index contributed by atoms with van der Waals surface area (Å²) in [4.78, 5) is 48.5. The average Bonchev–Trinajstić information content (AvgIpc) is 3.32. The largest absolute Gasteiger partial charge is 0.502 e. The number of aromatic hydroxyl groups is 1. The first-order chi connectivity index (χ1) is 18.9. The molecule has 0 radical (unpaired) electrons. The van der Waals surface area contributed by atoms with Crippen LogP contribution < -0.4 is 10.7 Å². The molecule has 3 aromatic rings. The topological polar surface area (TPSA) is 138 Å². The Balaban J connectivity index is 1.60. The van der Waals surface area contributed by atoms with Crippen molar-refractivity contribution < 1.29 is 23.8 Å². The van der Waals surface area contributed by atoms with Crippen LogP contribution in [0.3, 0.4) is 0 Å². The number of ether oxygens (including phenoxy) is 1. The summed E-state index contributed by atoms with van der Waals surface area (Å²) in [6, 6.07) is 8.56. The molecular formula is C29H38N4O6S. The van der Waals surface area contributed by atoms with Gasteiger partial charge in [-0.25, -0.2) is 9.78 Å². The highest BCUT2D eigenvalue weighted by Gasteiger charge is 2.44. The van der Waals surface area contributed by atoms with Crippen molar-refractivity contribution in [2.45, 2.75) is 70.4 Å². The Morgan fingerprint density at radius 1 is 1.27 bits per heavy atom. The lowest BCUT2D eigenvalue weighted by atomic mass is 9.72. The van der Waals surface area contributed by atoms with Gasteiger partial charge in [-0.2, -0.15) is 11.8 Å². The Hall–Kier alpha value is -3.47. The number of piperidine rings is 1.